The van der Waals surface area contributed by atoms with Crippen LogP contribution < -0.4 is 10.5 Å². The predicted octanol–water partition coefficient (Wildman–Crippen LogP) is 3.91. The molecule has 0 aliphatic carbocycles. The van der Waals surface area contributed by atoms with E-state index < -0.39 is 42.4 Å². The summed E-state index contributed by atoms with van der Waals surface area (Å²) in [6.45, 7) is 3.75. The molecular formula is C22H27ClN3O7S2+. The Morgan fingerprint density at radius 2 is 2.09 bits per heavy atom. The van der Waals surface area contributed by atoms with Gasteiger partial charge in [-0.3, -0.25) is 4.79 Å². The van der Waals surface area contributed by atoms with Crippen molar-refractivity contribution in [1.82, 2.24) is 0 Å². The Kier molecular flexibility index (Phi) is 8.32. The lowest BCUT2D eigenvalue weighted by Gasteiger charge is -2.31. The van der Waals surface area contributed by atoms with Crippen LogP contribution in [-0.2, 0) is 21.4 Å². The van der Waals surface area contributed by atoms with Crippen molar-refractivity contribution in [2.45, 2.75) is 44.2 Å². The average Bonchev–Trinajstić information content (AvgIpc) is 3.44. The second-order valence-electron chi connectivity index (χ2n) is 8.51. The maximum absolute atomic E-state index is 13.1. The molecule has 1 fully saturated rings. The first-order valence-electron chi connectivity index (χ1n) is 10.8. The molecule has 13 heteroatoms. The van der Waals surface area contributed by atoms with Crippen LogP contribution in [-0.4, -0.2) is 53.5 Å². The molecular weight excluding hydrogens is 518 g/mol. The highest BCUT2D eigenvalue weighted by Gasteiger charge is 2.54. The van der Waals surface area contributed by atoms with Gasteiger partial charge < -0.3 is 14.8 Å². The standard InChI is InChI=1S/C22H26ClN3O7S2/c1-13(20(27)26(22(29)30)7-3-5-14(26)2)12-34-21(28)16-9-19(35(24,31)32)17(23)10-18(16)25-11-15-6-4-8-33-15/h4,6,8-10,13-14H,3,5,7,11-12H2,1-2H3,(H3-,24,25,28,29,30,31,32)/p+1/t13-,14-,26?/m1/s1. The Bertz CT molecular complexity index is 1230. The number of carbonyl (C=O) groups is 3. The molecule has 1 saturated heterocycles. The van der Waals surface area contributed by atoms with E-state index in [2.05, 4.69) is 5.32 Å². The molecule has 2 heterocycles. The van der Waals surface area contributed by atoms with Crippen LogP contribution in [0.3, 0.4) is 0 Å². The monoisotopic (exact) mass is 544 g/mol. The molecule has 3 atom stereocenters. The third kappa shape index (κ3) is 5.72. The zero-order valence-corrected chi connectivity index (χ0v) is 21.6. The number of likely N-dealkylation sites (tertiary alicyclic amines) is 1. The minimum atomic E-state index is -4.21. The molecule has 190 valence electrons. The summed E-state index contributed by atoms with van der Waals surface area (Å²) in [7, 11) is -4.21. The molecule has 1 aromatic carbocycles. The highest BCUT2D eigenvalue weighted by molar-refractivity contribution is 8.14. The molecule has 0 saturated carbocycles. The van der Waals surface area contributed by atoms with Gasteiger partial charge in [-0.2, -0.15) is 9.28 Å². The number of halogens is 1. The quantitative estimate of drug-likeness (QED) is 0.419. The van der Waals surface area contributed by atoms with Gasteiger partial charge in [0.15, 0.2) is 0 Å². The van der Waals surface area contributed by atoms with Gasteiger partial charge in [-0.15, -0.1) is 0 Å². The number of thioether (sulfide) groups is 1. The summed E-state index contributed by atoms with van der Waals surface area (Å²) in [6, 6.07) is 5.45. The summed E-state index contributed by atoms with van der Waals surface area (Å²) in [6.07, 6.45) is 1.55. The number of carboxylic acid groups (broad SMARTS) is 1. The zero-order chi connectivity index (χ0) is 26.0. The van der Waals surface area contributed by atoms with E-state index in [4.69, 9.17) is 21.2 Å². The van der Waals surface area contributed by atoms with Crippen LogP contribution in [0.15, 0.2) is 39.8 Å². The highest BCUT2D eigenvalue weighted by atomic mass is 35.5. The molecule has 0 bridgehead atoms. The van der Waals surface area contributed by atoms with Gasteiger partial charge in [0.05, 0.1) is 35.9 Å². The number of nitrogens with two attached hydrogens (primary N) is 1. The summed E-state index contributed by atoms with van der Waals surface area (Å²) >= 11 is 6.90. The van der Waals surface area contributed by atoms with Crippen molar-refractivity contribution < 1.29 is 36.8 Å². The molecule has 1 unspecified atom stereocenters. The zero-order valence-electron chi connectivity index (χ0n) is 19.2. The molecule has 1 aliphatic rings. The number of hydrogen-bond acceptors (Lipinski definition) is 8. The third-order valence-electron chi connectivity index (χ3n) is 6.14. The van der Waals surface area contributed by atoms with E-state index in [9.17, 15) is 27.9 Å². The number of rotatable bonds is 8. The minimum Gasteiger partial charge on any atom is -0.467 e. The van der Waals surface area contributed by atoms with E-state index in [-0.39, 0.29) is 41.2 Å². The Morgan fingerprint density at radius 1 is 1.37 bits per heavy atom. The number of primary sulfonamides is 1. The molecule has 1 aliphatic heterocycles. The van der Waals surface area contributed by atoms with E-state index in [0.29, 0.717) is 18.6 Å². The lowest BCUT2D eigenvalue weighted by molar-refractivity contribution is -0.793. The topological polar surface area (TPSA) is 157 Å². The van der Waals surface area contributed by atoms with Crippen molar-refractivity contribution in [3.63, 3.8) is 0 Å². The highest BCUT2D eigenvalue weighted by Crippen LogP contribution is 2.34. The van der Waals surface area contributed by atoms with E-state index in [0.717, 1.165) is 17.8 Å². The van der Waals surface area contributed by atoms with Crippen LogP contribution in [0.4, 0.5) is 10.5 Å². The number of sulfonamides is 1. The summed E-state index contributed by atoms with van der Waals surface area (Å²) in [5, 5.41) is 17.4. The lowest BCUT2D eigenvalue weighted by atomic mass is 10.1. The number of furan rings is 1. The summed E-state index contributed by atoms with van der Waals surface area (Å²) in [5.41, 5.74) is 0.267. The number of quaternary nitrogens is 1. The number of nitrogens with zero attached hydrogens (tertiary/aromatic N) is 1. The molecule has 2 amide bonds. The van der Waals surface area contributed by atoms with Crippen LogP contribution >= 0.6 is 23.4 Å². The molecule has 3 rings (SSSR count). The number of imide groups is 1. The molecule has 10 nitrogen and oxygen atoms in total. The smallest absolute Gasteiger partial charge is 0.467 e. The number of carbonyl (C=O) groups excluding carboxylic acids is 2. The maximum atomic E-state index is 13.1. The van der Waals surface area contributed by atoms with Crippen molar-refractivity contribution in [2.75, 3.05) is 17.6 Å². The van der Waals surface area contributed by atoms with E-state index in [1.165, 1.54) is 12.3 Å². The van der Waals surface area contributed by atoms with Gasteiger partial charge in [0.25, 0.3) is 0 Å². The number of hydrogen-bond donors (Lipinski definition) is 3. The number of amides is 2. The van der Waals surface area contributed by atoms with Crippen LogP contribution in [0.1, 0.15) is 42.8 Å². The maximum Gasteiger partial charge on any atom is 0.521 e. The minimum absolute atomic E-state index is 0.00584. The molecule has 35 heavy (non-hydrogen) atoms. The summed E-state index contributed by atoms with van der Waals surface area (Å²) in [4.78, 5) is 37.9. The number of benzene rings is 1. The van der Waals surface area contributed by atoms with Crippen molar-refractivity contribution in [3.8, 4) is 0 Å². The van der Waals surface area contributed by atoms with Crippen molar-refractivity contribution >= 4 is 56.2 Å². The lowest BCUT2D eigenvalue weighted by Crippen LogP contribution is -2.60. The fourth-order valence-electron chi connectivity index (χ4n) is 4.21. The fourth-order valence-corrected chi connectivity index (χ4v) is 6.18. The Balaban J connectivity index is 1.82. The van der Waals surface area contributed by atoms with E-state index >= 15 is 0 Å². The first-order valence-corrected chi connectivity index (χ1v) is 13.7. The Hall–Kier alpha value is -2.38. The first kappa shape index (κ1) is 27.2. The van der Waals surface area contributed by atoms with Crippen molar-refractivity contribution in [3.05, 3.63) is 46.9 Å². The molecule has 4 N–H and O–H groups in total. The molecule has 0 spiro atoms. The van der Waals surface area contributed by atoms with Crippen LogP contribution in [0.25, 0.3) is 0 Å². The Morgan fingerprint density at radius 3 is 2.63 bits per heavy atom. The first-order chi connectivity index (χ1) is 16.4. The van der Waals surface area contributed by atoms with Crippen LogP contribution in [0.2, 0.25) is 5.02 Å². The molecule has 0 radical (unpaired) electrons. The van der Waals surface area contributed by atoms with Gasteiger partial charge in [0.2, 0.25) is 15.1 Å². The largest absolute Gasteiger partial charge is 0.521 e. The Labute approximate surface area is 212 Å². The SMILES string of the molecule is C[C@H](CSC(=O)c1cc(S(N)(=O)=O)c(Cl)cc1NCc1ccco1)C(=O)[N+]1(C(=O)O)CCC[C@H]1C. The predicted molar refractivity (Wildman–Crippen MR) is 132 cm³/mol. The van der Waals surface area contributed by atoms with Crippen LogP contribution in [0.5, 0.6) is 0 Å². The van der Waals surface area contributed by atoms with Gasteiger partial charge in [-0.05, 0) is 38.1 Å². The van der Waals surface area contributed by atoms with Gasteiger partial charge >= 0.3 is 12.0 Å². The van der Waals surface area contributed by atoms with Gasteiger partial charge in [0.1, 0.15) is 16.7 Å². The molecule has 1 aromatic heterocycles. The van der Waals surface area contributed by atoms with Crippen LogP contribution in [0, 0.1) is 5.92 Å². The second-order valence-corrected chi connectivity index (χ2v) is 11.4. The van der Waals surface area contributed by atoms with Gasteiger partial charge in [-0.25, -0.2) is 18.4 Å². The average molecular weight is 545 g/mol. The number of anilines is 1. The normalized spacial score (nSPS) is 21.0. The van der Waals surface area contributed by atoms with Gasteiger partial charge in [0, 0.05) is 24.3 Å². The van der Waals surface area contributed by atoms with E-state index in [1.807, 2.05) is 0 Å². The third-order valence-corrected chi connectivity index (χ3v) is 8.66. The second kappa shape index (κ2) is 10.7. The fraction of sp³-hybridized carbons (Fsp3) is 0.409. The summed E-state index contributed by atoms with van der Waals surface area (Å²) in [5.74, 6) is -0.599. The van der Waals surface area contributed by atoms with Crippen molar-refractivity contribution in [1.29, 1.82) is 0 Å². The molecule has 2 aromatic rings. The van der Waals surface area contributed by atoms with Crippen molar-refractivity contribution in [2.24, 2.45) is 11.1 Å². The number of nitrogens with one attached hydrogen (secondary N) is 1. The van der Waals surface area contributed by atoms with E-state index in [1.54, 1.807) is 26.0 Å². The summed E-state index contributed by atoms with van der Waals surface area (Å²) < 4.78 is 28.5. The van der Waals surface area contributed by atoms with Gasteiger partial charge in [-0.1, -0.05) is 23.4 Å².